The van der Waals surface area contributed by atoms with Gasteiger partial charge in [0, 0.05) is 38.7 Å². The molecule has 2 heterocycles. The van der Waals surface area contributed by atoms with Crippen molar-refractivity contribution >= 4 is 23.8 Å². The van der Waals surface area contributed by atoms with Gasteiger partial charge in [0.1, 0.15) is 5.82 Å². The third kappa shape index (κ3) is 6.36. The lowest BCUT2D eigenvalue weighted by Crippen LogP contribution is -2.28. The van der Waals surface area contributed by atoms with Crippen LogP contribution in [0.1, 0.15) is 24.6 Å². The second-order valence-corrected chi connectivity index (χ2v) is 7.04. The molecular formula is C21H25N5O4. The summed E-state index contributed by atoms with van der Waals surface area (Å²) in [5, 5.41) is 12.1. The van der Waals surface area contributed by atoms with Gasteiger partial charge in [0.05, 0.1) is 18.1 Å². The molecule has 1 aromatic heterocycles. The van der Waals surface area contributed by atoms with E-state index in [4.69, 9.17) is 9.94 Å². The zero-order valence-electron chi connectivity index (χ0n) is 16.7. The molecular weight excluding hydrogens is 386 g/mol. The van der Waals surface area contributed by atoms with Crippen LogP contribution in [-0.4, -0.2) is 57.6 Å². The minimum absolute atomic E-state index is 0.285. The Morgan fingerprint density at radius 3 is 2.73 bits per heavy atom. The van der Waals surface area contributed by atoms with Gasteiger partial charge in [0.15, 0.2) is 5.76 Å². The fourth-order valence-electron chi connectivity index (χ4n) is 3.27. The number of esters is 1. The lowest BCUT2D eigenvalue weighted by molar-refractivity contribution is -0.142. The molecule has 30 heavy (non-hydrogen) atoms. The lowest BCUT2D eigenvalue weighted by atomic mass is 10.1. The number of likely N-dealkylation sites (tertiary alicyclic amines) is 1. The van der Waals surface area contributed by atoms with E-state index in [2.05, 4.69) is 44.5 Å². The fraction of sp³-hybridized carbons (Fsp3) is 0.333. The molecule has 158 valence electrons. The summed E-state index contributed by atoms with van der Waals surface area (Å²) in [5.41, 5.74) is 3.08. The SMILES string of the molecule is CC(=O)O/C(=C/c1cnc(N[C@@H]2CCN(CCc3ccccc3)C2)cn1)C(=O)NO. The van der Waals surface area contributed by atoms with Gasteiger partial charge in [-0.1, -0.05) is 30.3 Å². The van der Waals surface area contributed by atoms with Crippen LogP contribution in [0.25, 0.3) is 6.08 Å². The molecule has 1 atom stereocenters. The van der Waals surface area contributed by atoms with Crippen LogP contribution < -0.4 is 10.8 Å². The van der Waals surface area contributed by atoms with Crippen molar-refractivity contribution in [2.45, 2.75) is 25.8 Å². The highest BCUT2D eigenvalue weighted by molar-refractivity contribution is 5.96. The van der Waals surface area contributed by atoms with Crippen LogP contribution in [-0.2, 0) is 20.7 Å². The molecule has 1 saturated heterocycles. The van der Waals surface area contributed by atoms with E-state index >= 15 is 0 Å². The van der Waals surface area contributed by atoms with E-state index in [1.54, 1.807) is 6.20 Å². The maximum absolute atomic E-state index is 11.6. The summed E-state index contributed by atoms with van der Waals surface area (Å²) < 4.78 is 4.77. The van der Waals surface area contributed by atoms with Crippen molar-refractivity contribution < 1.29 is 19.5 Å². The molecule has 0 saturated carbocycles. The maximum Gasteiger partial charge on any atom is 0.310 e. The number of hydroxylamine groups is 1. The van der Waals surface area contributed by atoms with Crippen LogP contribution in [0.3, 0.4) is 0 Å². The Morgan fingerprint density at radius 2 is 2.07 bits per heavy atom. The van der Waals surface area contributed by atoms with Crippen molar-refractivity contribution in [2.24, 2.45) is 0 Å². The van der Waals surface area contributed by atoms with Crippen molar-refractivity contribution in [1.29, 1.82) is 0 Å². The fourth-order valence-corrected chi connectivity index (χ4v) is 3.27. The van der Waals surface area contributed by atoms with Gasteiger partial charge in [-0.3, -0.25) is 19.8 Å². The van der Waals surface area contributed by atoms with E-state index in [1.165, 1.54) is 23.3 Å². The minimum atomic E-state index is -0.948. The number of ether oxygens (including phenoxy) is 1. The molecule has 0 radical (unpaired) electrons. The predicted octanol–water partition coefficient (Wildman–Crippen LogP) is 1.61. The number of carbonyl (C=O) groups excluding carboxylic acids is 2. The van der Waals surface area contributed by atoms with E-state index in [1.807, 2.05) is 6.07 Å². The van der Waals surface area contributed by atoms with Crippen LogP contribution in [0.5, 0.6) is 0 Å². The highest BCUT2D eigenvalue weighted by atomic mass is 16.5. The van der Waals surface area contributed by atoms with Crippen LogP contribution in [0, 0.1) is 0 Å². The van der Waals surface area contributed by atoms with Crippen LogP contribution >= 0.6 is 0 Å². The van der Waals surface area contributed by atoms with Crippen molar-refractivity contribution in [3.05, 3.63) is 59.7 Å². The predicted molar refractivity (Wildman–Crippen MR) is 110 cm³/mol. The van der Waals surface area contributed by atoms with Gasteiger partial charge in [-0.05, 0) is 18.4 Å². The first-order valence-electron chi connectivity index (χ1n) is 9.73. The Bertz CT molecular complexity index is 886. The summed E-state index contributed by atoms with van der Waals surface area (Å²) in [5.74, 6) is -1.38. The van der Waals surface area contributed by atoms with E-state index in [0.29, 0.717) is 11.5 Å². The molecule has 2 aromatic rings. The van der Waals surface area contributed by atoms with E-state index in [0.717, 1.165) is 39.4 Å². The summed E-state index contributed by atoms with van der Waals surface area (Å²) in [6, 6.07) is 10.7. The second kappa shape index (κ2) is 10.5. The summed E-state index contributed by atoms with van der Waals surface area (Å²) in [4.78, 5) is 33.6. The van der Waals surface area contributed by atoms with Crippen LogP contribution in [0.4, 0.5) is 5.82 Å². The molecule has 1 fully saturated rings. The van der Waals surface area contributed by atoms with E-state index in [9.17, 15) is 9.59 Å². The molecule has 1 amide bonds. The molecule has 1 aliphatic heterocycles. The zero-order chi connectivity index (χ0) is 21.3. The standard InChI is InChI=1S/C21H25N5O4/c1-15(27)30-19(21(28)25-29)11-18-12-23-20(13-22-18)24-17-8-10-26(14-17)9-7-16-5-3-2-4-6-16/h2-6,11-13,17,29H,7-10,14H2,1H3,(H,23,24)(H,25,28)/b19-11+/t17-/m1/s1. The molecule has 3 N–H and O–H groups in total. The molecule has 0 unspecified atom stereocenters. The third-order valence-electron chi connectivity index (χ3n) is 4.71. The van der Waals surface area contributed by atoms with Gasteiger partial charge in [-0.25, -0.2) is 10.5 Å². The number of amides is 1. The Morgan fingerprint density at radius 1 is 1.27 bits per heavy atom. The quantitative estimate of drug-likeness (QED) is 0.197. The molecule has 3 rings (SSSR count). The number of anilines is 1. The van der Waals surface area contributed by atoms with Gasteiger partial charge in [0.2, 0.25) is 0 Å². The Labute approximate surface area is 174 Å². The van der Waals surface area contributed by atoms with Gasteiger partial charge in [0.25, 0.3) is 0 Å². The number of aromatic nitrogens is 2. The molecule has 0 aliphatic carbocycles. The smallest absolute Gasteiger partial charge is 0.310 e. The summed E-state index contributed by atoms with van der Waals surface area (Å²) in [6.07, 6.45) is 6.29. The number of rotatable bonds is 8. The average Bonchev–Trinajstić information content (AvgIpc) is 3.20. The number of nitrogens with one attached hydrogen (secondary N) is 2. The average molecular weight is 411 g/mol. The van der Waals surface area contributed by atoms with Crippen molar-refractivity contribution in [3.63, 3.8) is 0 Å². The van der Waals surface area contributed by atoms with E-state index < -0.39 is 11.9 Å². The normalized spacial score (nSPS) is 16.9. The first-order chi connectivity index (χ1) is 14.5. The van der Waals surface area contributed by atoms with Crippen LogP contribution in [0.2, 0.25) is 0 Å². The largest absolute Gasteiger partial charge is 0.421 e. The number of nitrogens with zero attached hydrogens (tertiary/aromatic N) is 3. The molecule has 0 spiro atoms. The first kappa shape index (κ1) is 21.4. The molecule has 9 nitrogen and oxygen atoms in total. The summed E-state index contributed by atoms with van der Waals surface area (Å²) in [6.45, 7) is 4.13. The van der Waals surface area contributed by atoms with Crippen molar-refractivity contribution in [3.8, 4) is 0 Å². The van der Waals surface area contributed by atoms with Gasteiger partial charge in [-0.2, -0.15) is 0 Å². The first-order valence-corrected chi connectivity index (χ1v) is 9.73. The van der Waals surface area contributed by atoms with E-state index in [-0.39, 0.29) is 11.8 Å². The Balaban J connectivity index is 1.52. The Kier molecular flexibility index (Phi) is 7.47. The number of hydrogen-bond acceptors (Lipinski definition) is 8. The molecule has 1 aromatic carbocycles. The minimum Gasteiger partial charge on any atom is -0.421 e. The topological polar surface area (TPSA) is 117 Å². The highest BCUT2D eigenvalue weighted by Crippen LogP contribution is 2.15. The van der Waals surface area contributed by atoms with Gasteiger partial charge in [-0.15, -0.1) is 0 Å². The summed E-state index contributed by atoms with van der Waals surface area (Å²) in [7, 11) is 0. The number of carbonyl (C=O) groups is 2. The maximum atomic E-state index is 11.6. The van der Waals surface area contributed by atoms with Crippen LogP contribution in [0.15, 0.2) is 48.5 Å². The van der Waals surface area contributed by atoms with Gasteiger partial charge >= 0.3 is 11.9 Å². The monoisotopic (exact) mass is 411 g/mol. The Hall–Kier alpha value is -3.30. The number of hydrogen-bond donors (Lipinski definition) is 3. The zero-order valence-corrected chi connectivity index (χ0v) is 16.7. The molecule has 0 bridgehead atoms. The lowest BCUT2D eigenvalue weighted by Gasteiger charge is -2.17. The third-order valence-corrected chi connectivity index (χ3v) is 4.71. The van der Waals surface area contributed by atoms with Crippen molar-refractivity contribution in [2.75, 3.05) is 25.0 Å². The second-order valence-electron chi connectivity index (χ2n) is 7.04. The summed E-state index contributed by atoms with van der Waals surface area (Å²) >= 11 is 0. The highest BCUT2D eigenvalue weighted by Gasteiger charge is 2.22. The van der Waals surface area contributed by atoms with Gasteiger partial charge < -0.3 is 15.0 Å². The number of benzene rings is 1. The molecule has 1 aliphatic rings. The molecule has 9 heteroatoms. The van der Waals surface area contributed by atoms with Crippen molar-refractivity contribution in [1.82, 2.24) is 20.3 Å².